The molecule has 32 heavy (non-hydrogen) atoms. The Morgan fingerprint density at radius 3 is 2.19 bits per heavy atom. The Morgan fingerprint density at radius 2 is 1.69 bits per heavy atom. The summed E-state index contributed by atoms with van der Waals surface area (Å²) >= 11 is 5.64. The number of amides is 1. The zero-order valence-electron chi connectivity index (χ0n) is 18.3. The van der Waals surface area contributed by atoms with Crippen LogP contribution in [-0.2, 0) is 21.4 Å². The first-order valence-corrected chi connectivity index (χ1v) is 12.1. The standard InChI is InChI=1S/C22H29ClN2O6S/c1-16(2)21(22(26)24-27)25(15-17-5-7-18(30-3)8-6-17)32(28,29)20-11-9-19(10-12-20)31-14-4-13-23/h5-12,16,21,27H,4,13-15H2,1-3H3,(H,24,26). The molecular formula is C22H29ClN2O6S. The van der Waals surface area contributed by atoms with Gasteiger partial charge in [0.05, 0.1) is 18.6 Å². The highest BCUT2D eigenvalue weighted by molar-refractivity contribution is 7.89. The van der Waals surface area contributed by atoms with Crippen LogP contribution in [0, 0.1) is 5.92 Å². The summed E-state index contributed by atoms with van der Waals surface area (Å²) in [6.07, 6.45) is 0.670. The number of hydrogen-bond donors (Lipinski definition) is 2. The number of benzene rings is 2. The van der Waals surface area contributed by atoms with Crippen molar-refractivity contribution in [2.75, 3.05) is 19.6 Å². The van der Waals surface area contributed by atoms with E-state index in [2.05, 4.69) is 0 Å². The number of ether oxygens (including phenoxy) is 2. The highest BCUT2D eigenvalue weighted by Crippen LogP contribution is 2.27. The summed E-state index contributed by atoms with van der Waals surface area (Å²) in [5.41, 5.74) is 2.26. The van der Waals surface area contributed by atoms with Gasteiger partial charge in [-0.2, -0.15) is 4.31 Å². The average molecular weight is 485 g/mol. The Balaban J connectivity index is 2.42. The number of nitrogens with one attached hydrogen (secondary N) is 1. The number of nitrogens with zero attached hydrogens (tertiary/aromatic N) is 1. The number of alkyl halides is 1. The maximum atomic E-state index is 13.6. The first-order chi connectivity index (χ1) is 15.2. The molecule has 0 bridgehead atoms. The van der Waals surface area contributed by atoms with Gasteiger partial charge in [-0.05, 0) is 54.3 Å². The van der Waals surface area contributed by atoms with Crippen LogP contribution in [0.3, 0.4) is 0 Å². The minimum atomic E-state index is -4.10. The van der Waals surface area contributed by atoms with E-state index >= 15 is 0 Å². The molecule has 0 saturated carbocycles. The van der Waals surface area contributed by atoms with Crippen LogP contribution >= 0.6 is 11.6 Å². The van der Waals surface area contributed by atoms with Crippen molar-refractivity contribution >= 4 is 27.5 Å². The van der Waals surface area contributed by atoms with Gasteiger partial charge in [-0.25, -0.2) is 13.9 Å². The van der Waals surface area contributed by atoms with Crippen molar-refractivity contribution in [3.05, 3.63) is 54.1 Å². The fourth-order valence-electron chi connectivity index (χ4n) is 3.16. The number of methoxy groups -OCH3 is 1. The Labute approximate surface area is 194 Å². The van der Waals surface area contributed by atoms with Gasteiger partial charge in [0.15, 0.2) is 0 Å². The van der Waals surface area contributed by atoms with Crippen molar-refractivity contribution in [3.63, 3.8) is 0 Å². The first-order valence-electron chi connectivity index (χ1n) is 10.1. The molecule has 176 valence electrons. The normalized spacial score (nSPS) is 12.6. The number of hydrogen-bond acceptors (Lipinski definition) is 6. The van der Waals surface area contributed by atoms with E-state index in [0.29, 0.717) is 36.0 Å². The number of halogens is 1. The van der Waals surface area contributed by atoms with E-state index in [-0.39, 0.29) is 11.4 Å². The highest BCUT2D eigenvalue weighted by atomic mass is 35.5. The summed E-state index contributed by atoms with van der Waals surface area (Å²) < 4.78 is 38.9. The minimum absolute atomic E-state index is 0.00657. The van der Waals surface area contributed by atoms with E-state index in [1.54, 1.807) is 55.7 Å². The molecule has 0 aromatic heterocycles. The van der Waals surface area contributed by atoms with Crippen molar-refractivity contribution in [3.8, 4) is 11.5 Å². The van der Waals surface area contributed by atoms with E-state index in [1.165, 1.54) is 19.2 Å². The summed E-state index contributed by atoms with van der Waals surface area (Å²) in [6, 6.07) is 11.7. The highest BCUT2D eigenvalue weighted by Gasteiger charge is 2.38. The van der Waals surface area contributed by atoms with Crippen LogP contribution < -0.4 is 15.0 Å². The lowest BCUT2D eigenvalue weighted by molar-refractivity contribution is -0.134. The first kappa shape index (κ1) is 25.9. The quantitative estimate of drug-likeness (QED) is 0.207. The zero-order valence-corrected chi connectivity index (χ0v) is 19.9. The van der Waals surface area contributed by atoms with Crippen molar-refractivity contribution in [2.24, 2.45) is 5.92 Å². The largest absolute Gasteiger partial charge is 0.497 e. The van der Waals surface area contributed by atoms with E-state index in [0.717, 1.165) is 4.31 Å². The van der Waals surface area contributed by atoms with Crippen molar-refractivity contribution in [1.82, 2.24) is 9.79 Å². The molecule has 0 fully saturated rings. The third kappa shape index (κ3) is 6.59. The molecule has 0 aliphatic rings. The Hall–Kier alpha value is -2.33. The molecule has 0 radical (unpaired) electrons. The van der Waals surface area contributed by atoms with Crippen molar-refractivity contribution in [1.29, 1.82) is 0 Å². The molecule has 1 amide bonds. The molecular weight excluding hydrogens is 456 g/mol. The molecule has 0 aliphatic carbocycles. The van der Waals surface area contributed by atoms with Crippen LogP contribution in [0.5, 0.6) is 11.5 Å². The predicted molar refractivity (Wildman–Crippen MR) is 122 cm³/mol. The van der Waals surface area contributed by atoms with Gasteiger partial charge in [0, 0.05) is 12.4 Å². The smallest absolute Gasteiger partial charge is 0.262 e. The topological polar surface area (TPSA) is 105 Å². The molecule has 1 atom stereocenters. The Kier molecular flexibility index (Phi) is 9.77. The predicted octanol–water partition coefficient (Wildman–Crippen LogP) is 3.42. The SMILES string of the molecule is COc1ccc(CN(C(C(=O)NO)C(C)C)S(=O)(=O)c2ccc(OCCCCl)cc2)cc1. The second-order valence-electron chi connectivity index (χ2n) is 7.43. The minimum Gasteiger partial charge on any atom is -0.497 e. The van der Waals surface area contributed by atoms with E-state index < -0.39 is 27.9 Å². The summed E-state index contributed by atoms with van der Waals surface area (Å²) in [5, 5.41) is 9.25. The molecule has 0 spiro atoms. The summed E-state index contributed by atoms with van der Waals surface area (Å²) in [4.78, 5) is 12.5. The Bertz CT molecular complexity index is 965. The van der Waals surface area contributed by atoms with Gasteiger partial charge in [-0.1, -0.05) is 26.0 Å². The molecule has 2 N–H and O–H groups in total. The van der Waals surface area contributed by atoms with Crippen LogP contribution in [0.1, 0.15) is 25.8 Å². The maximum Gasteiger partial charge on any atom is 0.262 e. The lowest BCUT2D eigenvalue weighted by atomic mass is 10.0. The second-order valence-corrected chi connectivity index (χ2v) is 9.69. The lowest BCUT2D eigenvalue weighted by Crippen LogP contribution is -2.51. The van der Waals surface area contributed by atoms with Crippen LogP contribution in [0.15, 0.2) is 53.4 Å². The van der Waals surface area contributed by atoms with Gasteiger partial charge in [-0.3, -0.25) is 10.0 Å². The van der Waals surface area contributed by atoms with Gasteiger partial charge in [-0.15, -0.1) is 11.6 Å². The fraction of sp³-hybridized carbons (Fsp3) is 0.409. The number of carbonyl (C=O) groups is 1. The number of hydroxylamine groups is 1. The third-order valence-electron chi connectivity index (χ3n) is 4.80. The van der Waals surface area contributed by atoms with Gasteiger partial charge in [0.1, 0.15) is 17.5 Å². The summed E-state index contributed by atoms with van der Waals surface area (Å²) in [5.74, 6) is 0.396. The zero-order chi connectivity index (χ0) is 23.7. The van der Waals surface area contributed by atoms with Crippen LogP contribution in [-0.4, -0.2) is 49.5 Å². The third-order valence-corrected chi connectivity index (χ3v) is 6.90. The van der Waals surface area contributed by atoms with Crippen molar-refractivity contribution < 1.29 is 27.9 Å². The molecule has 2 aromatic carbocycles. The Morgan fingerprint density at radius 1 is 1.09 bits per heavy atom. The summed E-state index contributed by atoms with van der Waals surface area (Å²) in [6.45, 7) is 3.77. The molecule has 2 aromatic rings. The van der Waals surface area contributed by atoms with Crippen LogP contribution in [0.2, 0.25) is 0 Å². The maximum absolute atomic E-state index is 13.6. The van der Waals surface area contributed by atoms with E-state index in [9.17, 15) is 18.4 Å². The molecule has 8 nitrogen and oxygen atoms in total. The van der Waals surface area contributed by atoms with Gasteiger partial charge in [0.25, 0.3) is 5.91 Å². The number of carbonyl (C=O) groups excluding carboxylic acids is 1. The molecule has 0 saturated heterocycles. The van der Waals surface area contributed by atoms with Crippen molar-refractivity contribution in [2.45, 2.75) is 37.8 Å². The average Bonchev–Trinajstić information content (AvgIpc) is 2.79. The fourth-order valence-corrected chi connectivity index (χ4v) is 4.98. The van der Waals surface area contributed by atoms with E-state index in [1.807, 2.05) is 0 Å². The second kappa shape index (κ2) is 12.1. The molecule has 2 rings (SSSR count). The molecule has 0 heterocycles. The van der Waals surface area contributed by atoms with Gasteiger partial charge in [0.2, 0.25) is 10.0 Å². The summed E-state index contributed by atoms with van der Waals surface area (Å²) in [7, 11) is -2.57. The molecule has 1 unspecified atom stereocenters. The van der Waals surface area contributed by atoms with Gasteiger partial charge >= 0.3 is 0 Å². The van der Waals surface area contributed by atoms with Crippen LogP contribution in [0.25, 0.3) is 0 Å². The van der Waals surface area contributed by atoms with Crippen LogP contribution in [0.4, 0.5) is 0 Å². The molecule has 0 aliphatic heterocycles. The molecule has 10 heteroatoms. The van der Waals surface area contributed by atoms with E-state index in [4.69, 9.17) is 21.1 Å². The van der Waals surface area contributed by atoms with Gasteiger partial charge < -0.3 is 9.47 Å². The number of sulfonamides is 1. The number of rotatable bonds is 12. The lowest BCUT2D eigenvalue weighted by Gasteiger charge is -2.32. The monoisotopic (exact) mass is 484 g/mol.